The highest BCUT2D eigenvalue weighted by Gasteiger charge is 2.32. The quantitative estimate of drug-likeness (QED) is 0.455. The molecule has 3 aromatic rings. The zero-order valence-corrected chi connectivity index (χ0v) is 18.5. The molecule has 176 valence electrons. The first-order chi connectivity index (χ1) is 15.8. The number of rotatable bonds is 7. The molecule has 1 aromatic carbocycles. The van der Waals surface area contributed by atoms with E-state index in [9.17, 15) is 26.0 Å². The maximum atomic E-state index is 14.9. The molecule has 0 radical (unpaired) electrons. The molecule has 0 amide bonds. The Morgan fingerprint density at radius 3 is 2.42 bits per heavy atom. The van der Waals surface area contributed by atoms with E-state index in [0.717, 1.165) is 28.7 Å². The smallest absolute Gasteiger partial charge is 0.314 e. The van der Waals surface area contributed by atoms with Gasteiger partial charge in [0.15, 0.2) is 0 Å². The lowest BCUT2D eigenvalue weighted by Gasteiger charge is -2.33. The molecule has 1 fully saturated rings. The van der Waals surface area contributed by atoms with Crippen LogP contribution in [0, 0.1) is 11.6 Å². The fourth-order valence-electron chi connectivity index (χ4n) is 3.11. The molecule has 4 rings (SSSR count). The molecule has 0 bridgehead atoms. The lowest BCUT2D eigenvalue weighted by molar-refractivity contribution is 0.116. The summed E-state index contributed by atoms with van der Waals surface area (Å²) in [5, 5.41) is 6.62. The molecule has 0 saturated carbocycles. The minimum absolute atomic E-state index is 0.0418. The van der Waals surface area contributed by atoms with Gasteiger partial charge in [-0.1, -0.05) is 0 Å². The molecule has 0 N–H and O–H groups in total. The van der Waals surface area contributed by atoms with Crippen molar-refractivity contribution >= 4 is 27.7 Å². The zero-order valence-electron chi connectivity index (χ0n) is 16.9. The third-order valence-corrected chi connectivity index (χ3v) is 7.63. The zero-order chi connectivity index (χ0) is 23.6. The van der Waals surface area contributed by atoms with Crippen LogP contribution in [0.1, 0.15) is 18.0 Å². The summed E-state index contributed by atoms with van der Waals surface area (Å²) in [5.41, 5.74) is -0.134. The van der Waals surface area contributed by atoms with Crippen molar-refractivity contribution in [1.29, 1.82) is 0 Å². The van der Waals surface area contributed by atoms with Crippen molar-refractivity contribution in [3.63, 3.8) is 0 Å². The standard InChI is InChI=1S/C19H17F4N5O3S2/c20-13-1-3-14(4-2-13)28(33(29,30)27-5-7-32-8-6-27)11-16-15(21)9-12(10-24-16)18-25-26-19(31-18)17(22)23/h1-4,9-10,17H,5-8,11H2. The molecule has 0 atom stereocenters. The van der Waals surface area contributed by atoms with Crippen LogP contribution in [0.2, 0.25) is 0 Å². The maximum absolute atomic E-state index is 14.9. The second-order valence-corrected chi connectivity index (χ2v) is 9.98. The number of halogens is 4. The molecule has 2 aromatic heterocycles. The summed E-state index contributed by atoms with van der Waals surface area (Å²) in [7, 11) is -4.07. The number of anilines is 1. The Hall–Kier alpha value is -2.71. The van der Waals surface area contributed by atoms with E-state index < -0.39 is 40.7 Å². The van der Waals surface area contributed by atoms with Gasteiger partial charge in [0.05, 0.1) is 23.5 Å². The Labute approximate surface area is 190 Å². The first-order valence-corrected chi connectivity index (χ1v) is 12.2. The Balaban J connectivity index is 1.66. The van der Waals surface area contributed by atoms with E-state index in [4.69, 9.17) is 4.42 Å². The van der Waals surface area contributed by atoms with Crippen molar-refractivity contribution in [2.75, 3.05) is 28.9 Å². The molecule has 0 aliphatic carbocycles. The van der Waals surface area contributed by atoms with Crippen LogP contribution in [0.3, 0.4) is 0 Å². The summed E-state index contributed by atoms with van der Waals surface area (Å²) >= 11 is 1.62. The summed E-state index contributed by atoms with van der Waals surface area (Å²) in [5.74, 6) is -1.49. The molecule has 1 saturated heterocycles. The predicted molar refractivity (Wildman–Crippen MR) is 113 cm³/mol. The molecule has 3 heterocycles. The van der Waals surface area contributed by atoms with Crippen molar-refractivity contribution in [3.8, 4) is 11.5 Å². The van der Waals surface area contributed by atoms with Gasteiger partial charge in [-0.05, 0) is 30.3 Å². The van der Waals surface area contributed by atoms with Crippen molar-refractivity contribution < 1.29 is 30.4 Å². The van der Waals surface area contributed by atoms with Crippen molar-refractivity contribution in [3.05, 3.63) is 59.7 Å². The molecular weight excluding hydrogens is 486 g/mol. The number of aromatic nitrogens is 3. The van der Waals surface area contributed by atoms with Crippen LogP contribution >= 0.6 is 11.8 Å². The maximum Gasteiger partial charge on any atom is 0.314 e. The normalized spacial score (nSPS) is 15.2. The first kappa shape index (κ1) is 23.4. The van der Waals surface area contributed by atoms with Crippen molar-refractivity contribution in [2.45, 2.75) is 13.0 Å². The van der Waals surface area contributed by atoms with E-state index in [1.54, 1.807) is 11.8 Å². The number of benzene rings is 1. The highest BCUT2D eigenvalue weighted by molar-refractivity contribution is 7.99. The van der Waals surface area contributed by atoms with Gasteiger partial charge in [-0.3, -0.25) is 9.29 Å². The van der Waals surface area contributed by atoms with Crippen molar-refractivity contribution in [1.82, 2.24) is 19.5 Å². The van der Waals surface area contributed by atoms with E-state index in [1.807, 2.05) is 0 Å². The number of pyridine rings is 1. The third-order valence-electron chi connectivity index (χ3n) is 4.77. The van der Waals surface area contributed by atoms with Crippen LogP contribution in [0.4, 0.5) is 23.2 Å². The number of alkyl halides is 2. The van der Waals surface area contributed by atoms with Gasteiger partial charge in [0, 0.05) is 30.8 Å². The fraction of sp³-hybridized carbons (Fsp3) is 0.316. The van der Waals surface area contributed by atoms with Crippen molar-refractivity contribution in [2.24, 2.45) is 0 Å². The highest BCUT2D eigenvalue weighted by atomic mass is 32.2. The van der Waals surface area contributed by atoms with Gasteiger partial charge < -0.3 is 4.42 Å². The molecule has 33 heavy (non-hydrogen) atoms. The van der Waals surface area contributed by atoms with E-state index in [1.165, 1.54) is 16.4 Å². The third kappa shape index (κ3) is 5.12. The van der Waals surface area contributed by atoms with E-state index in [0.29, 0.717) is 11.5 Å². The minimum Gasteiger partial charge on any atom is -0.415 e. The summed E-state index contributed by atoms with van der Waals surface area (Å²) in [6.45, 7) is 0.0855. The molecule has 1 aliphatic rings. The Kier molecular flexibility index (Phi) is 6.86. The van der Waals surface area contributed by atoms with Gasteiger partial charge in [-0.25, -0.2) is 8.78 Å². The lowest BCUT2D eigenvalue weighted by atomic mass is 10.2. The van der Waals surface area contributed by atoms with E-state index in [-0.39, 0.29) is 35.9 Å². The molecule has 0 spiro atoms. The van der Waals surface area contributed by atoms with Crippen LogP contribution in [0.15, 0.2) is 40.9 Å². The predicted octanol–water partition coefficient (Wildman–Crippen LogP) is 3.65. The Morgan fingerprint density at radius 1 is 1.12 bits per heavy atom. The number of thioether (sulfide) groups is 1. The van der Waals surface area contributed by atoms with E-state index in [2.05, 4.69) is 15.2 Å². The second-order valence-electron chi connectivity index (χ2n) is 6.90. The van der Waals surface area contributed by atoms with Gasteiger partial charge in [0.1, 0.15) is 11.6 Å². The average Bonchev–Trinajstić information content (AvgIpc) is 3.30. The van der Waals surface area contributed by atoms with Crippen LogP contribution in [-0.2, 0) is 16.8 Å². The number of hydrogen-bond donors (Lipinski definition) is 0. The molecule has 14 heteroatoms. The topological polar surface area (TPSA) is 92.4 Å². The Morgan fingerprint density at radius 2 is 1.82 bits per heavy atom. The van der Waals surface area contributed by atoms with Gasteiger partial charge >= 0.3 is 16.6 Å². The fourth-order valence-corrected chi connectivity index (χ4v) is 5.84. The van der Waals surface area contributed by atoms with Gasteiger partial charge in [-0.2, -0.15) is 33.3 Å². The summed E-state index contributed by atoms with van der Waals surface area (Å²) < 4.78 is 87.3. The van der Waals surface area contributed by atoms with E-state index >= 15 is 0 Å². The summed E-state index contributed by atoms with van der Waals surface area (Å²) in [6, 6.07) is 5.71. The summed E-state index contributed by atoms with van der Waals surface area (Å²) in [4.78, 5) is 3.96. The minimum atomic E-state index is -4.07. The van der Waals surface area contributed by atoms with Gasteiger partial charge in [-0.15, -0.1) is 10.2 Å². The van der Waals surface area contributed by atoms with Crippen LogP contribution in [0.5, 0.6) is 0 Å². The summed E-state index contributed by atoms with van der Waals surface area (Å²) in [6.07, 6.45) is -1.86. The largest absolute Gasteiger partial charge is 0.415 e. The van der Waals surface area contributed by atoms with Crippen LogP contribution < -0.4 is 4.31 Å². The molecule has 8 nitrogen and oxygen atoms in total. The number of nitrogens with zero attached hydrogens (tertiary/aromatic N) is 5. The van der Waals surface area contributed by atoms with Crippen LogP contribution in [-0.4, -0.2) is 52.5 Å². The monoisotopic (exact) mass is 503 g/mol. The Bertz CT molecular complexity index is 1220. The molecule has 1 aliphatic heterocycles. The van der Waals surface area contributed by atoms with Gasteiger partial charge in [0.2, 0.25) is 5.89 Å². The molecule has 0 unspecified atom stereocenters. The first-order valence-electron chi connectivity index (χ1n) is 9.63. The lowest BCUT2D eigenvalue weighted by Crippen LogP contribution is -2.47. The number of hydrogen-bond acceptors (Lipinski definition) is 7. The van der Waals surface area contributed by atoms with Gasteiger partial charge in [0.25, 0.3) is 5.89 Å². The highest BCUT2D eigenvalue weighted by Crippen LogP contribution is 2.28. The molecular formula is C19H17F4N5O3S2. The SMILES string of the molecule is O=S(=O)(N1CCSCC1)N(Cc1ncc(-c2nnc(C(F)F)o2)cc1F)c1ccc(F)cc1. The average molecular weight is 504 g/mol. The second kappa shape index (κ2) is 9.65. The van der Waals surface area contributed by atoms with Crippen LogP contribution in [0.25, 0.3) is 11.5 Å².